The van der Waals surface area contributed by atoms with Gasteiger partial charge in [-0.1, -0.05) is 24.3 Å². The highest BCUT2D eigenvalue weighted by Crippen LogP contribution is 2.46. The first-order valence-electron chi connectivity index (χ1n) is 7.12. The van der Waals surface area contributed by atoms with Gasteiger partial charge in [-0.25, -0.2) is 0 Å². The monoisotopic (exact) mass is 300 g/mol. The quantitative estimate of drug-likeness (QED) is 0.798. The number of carboxylic acids is 1. The Morgan fingerprint density at radius 2 is 2.10 bits per heavy atom. The summed E-state index contributed by atoms with van der Waals surface area (Å²) >= 11 is 1.68. The zero-order chi connectivity index (χ0) is 14.4. The minimum absolute atomic E-state index is 0.0391. The van der Waals surface area contributed by atoms with Gasteiger partial charge < -0.3 is 10.4 Å². The minimum Gasteiger partial charge on any atom is -0.480 e. The summed E-state index contributed by atoms with van der Waals surface area (Å²) in [4.78, 5) is 12.7. The molecule has 0 bridgehead atoms. The molecule has 0 radical (unpaired) electrons. The Morgan fingerprint density at radius 1 is 1.24 bits per heavy atom. The van der Waals surface area contributed by atoms with Crippen LogP contribution in [0, 0.1) is 0 Å². The van der Waals surface area contributed by atoms with Gasteiger partial charge in [-0.15, -0.1) is 11.3 Å². The van der Waals surface area contributed by atoms with Crippen molar-refractivity contribution in [2.75, 3.05) is 5.32 Å². The molecule has 1 saturated heterocycles. The van der Waals surface area contributed by atoms with Crippen LogP contribution < -0.4 is 10.6 Å². The maximum absolute atomic E-state index is 11.5. The number of anilines is 1. The van der Waals surface area contributed by atoms with Crippen molar-refractivity contribution in [3.8, 4) is 0 Å². The second-order valence-electron chi connectivity index (χ2n) is 5.65. The Kier molecular flexibility index (Phi) is 2.97. The van der Waals surface area contributed by atoms with Crippen molar-refractivity contribution < 1.29 is 9.90 Å². The van der Waals surface area contributed by atoms with Gasteiger partial charge in [-0.3, -0.25) is 10.1 Å². The summed E-state index contributed by atoms with van der Waals surface area (Å²) in [5.41, 5.74) is 2.39. The lowest BCUT2D eigenvalue weighted by atomic mass is 9.81. The predicted molar refractivity (Wildman–Crippen MR) is 82.8 cm³/mol. The Bertz CT molecular complexity index is 663. The zero-order valence-corrected chi connectivity index (χ0v) is 12.1. The lowest BCUT2D eigenvalue weighted by molar-refractivity contribution is -0.140. The molecular formula is C16H16N2O2S. The second-order valence-corrected chi connectivity index (χ2v) is 6.63. The van der Waals surface area contributed by atoms with Crippen LogP contribution in [0.3, 0.4) is 0 Å². The summed E-state index contributed by atoms with van der Waals surface area (Å²) in [6, 6.07) is 12.1. The number of fused-ring (bicyclic) bond motifs is 3. The van der Waals surface area contributed by atoms with E-state index >= 15 is 0 Å². The fourth-order valence-electron chi connectivity index (χ4n) is 3.56. The van der Waals surface area contributed by atoms with Crippen LogP contribution in [0.1, 0.15) is 28.8 Å². The largest absolute Gasteiger partial charge is 0.480 e. The molecule has 4 nitrogen and oxygen atoms in total. The number of aliphatic carboxylic acids is 1. The fourth-order valence-corrected chi connectivity index (χ4v) is 4.39. The first-order chi connectivity index (χ1) is 10.2. The Balaban J connectivity index is 1.75. The molecule has 21 heavy (non-hydrogen) atoms. The predicted octanol–water partition coefficient (Wildman–Crippen LogP) is 2.81. The van der Waals surface area contributed by atoms with Crippen molar-refractivity contribution in [2.45, 2.75) is 30.5 Å². The summed E-state index contributed by atoms with van der Waals surface area (Å²) in [5.74, 6) is -0.518. The number of thiophene rings is 1. The van der Waals surface area contributed by atoms with Gasteiger partial charge in [0.05, 0.1) is 12.1 Å². The number of piperidine rings is 1. The van der Waals surface area contributed by atoms with Crippen LogP contribution >= 0.6 is 11.3 Å². The molecule has 0 amide bonds. The van der Waals surface area contributed by atoms with Crippen LogP contribution in [-0.4, -0.2) is 23.2 Å². The van der Waals surface area contributed by atoms with Crippen molar-refractivity contribution >= 4 is 23.0 Å². The number of nitrogens with one attached hydrogen (secondary N) is 2. The summed E-state index contributed by atoms with van der Waals surface area (Å²) in [7, 11) is 0. The molecule has 0 saturated carbocycles. The van der Waals surface area contributed by atoms with E-state index in [0.717, 1.165) is 5.69 Å². The Morgan fingerprint density at radius 3 is 2.86 bits per heavy atom. The maximum atomic E-state index is 11.5. The normalized spacial score (nSPS) is 30.3. The van der Waals surface area contributed by atoms with Crippen LogP contribution in [0.25, 0.3) is 0 Å². The van der Waals surface area contributed by atoms with E-state index in [-0.39, 0.29) is 18.0 Å². The molecule has 1 aromatic carbocycles. The van der Waals surface area contributed by atoms with Gasteiger partial charge in [0.15, 0.2) is 0 Å². The number of rotatable bonds is 2. The number of hydrogen-bond donors (Lipinski definition) is 3. The molecule has 0 spiro atoms. The summed E-state index contributed by atoms with van der Waals surface area (Å²) in [6.07, 6.45) is 0.631. The fraction of sp³-hybridized carbons (Fsp3) is 0.312. The van der Waals surface area contributed by atoms with E-state index in [1.807, 2.05) is 23.6 Å². The van der Waals surface area contributed by atoms with E-state index < -0.39 is 12.0 Å². The van der Waals surface area contributed by atoms with E-state index in [0.29, 0.717) is 6.42 Å². The molecule has 4 rings (SSSR count). The number of benzene rings is 1. The molecule has 2 aliphatic rings. The van der Waals surface area contributed by atoms with E-state index in [2.05, 4.69) is 28.8 Å². The van der Waals surface area contributed by atoms with Crippen molar-refractivity contribution in [2.24, 2.45) is 0 Å². The average molecular weight is 300 g/mol. The lowest BCUT2D eigenvalue weighted by Crippen LogP contribution is -2.51. The van der Waals surface area contributed by atoms with Gasteiger partial charge in [-0.2, -0.15) is 0 Å². The van der Waals surface area contributed by atoms with Gasteiger partial charge >= 0.3 is 5.97 Å². The van der Waals surface area contributed by atoms with Gasteiger partial charge in [-0.05, 0) is 29.5 Å². The molecule has 2 aliphatic heterocycles. The summed E-state index contributed by atoms with van der Waals surface area (Å²) < 4.78 is 0. The summed E-state index contributed by atoms with van der Waals surface area (Å²) in [5, 5.41) is 18.4. The Hall–Kier alpha value is -1.85. The van der Waals surface area contributed by atoms with Crippen LogP contribution in [0.4, 0.5) is 5.69 Å². The van der Waals surface area contributed by atoms with E-state index in [1.165, 1.54) is 10.4 Å². The van der Waals surface area contributed by atoms with E-state index in [9.17, 15) is 9.90 Å². The highest BCUT2D eigenvalue weighted by Gasteiger charge is 2.45. The summed E-state index contributed by atoms with van der Waals surface area (Å²) in [6.45, 7) is 0. The second kappa shape index (κ2) is 4.86. The van der Waals surface area contributed by atoms with Crippen LogP contribution in [0.15, 0.2) is 41.8 Å². The first kappa shape index (κ1) is 12.9. The molecule has 2 aromatic rings. The molecule has 1 aromatic heterocycles. The first-order valence-corrected chi connectivity index (χ1v) is 8.00. The standard InChI is InChI=1S/C16H16N2O2S/c19-16(20)12-8-10-9-4-1-2-5-11(9)17-14(10)15(18-12)13-6-3-7-21-13/h1-7,10,12,14-15,17-18H,8H2,(H,19,20)/t10-,12+,14+,15-/m1/s1. The van der Waals surface area contributed by atoms with Crippen molar-refractivity contribution in [1.82, 2.24) is 5.32 Å². The maximum Gasteiger partial charge on any atom is 0.320 e. The molecule has 4 atom stereocenters. The number of para-hydroxylation sites is 1. The van der Waals surface area contributed by atoms with Crippen LogP contribution in [0.5, 0.6) is 0 Å². The lowest BCUT2D eigenvalue weighted by Gasteiger charge is -2.38. The Labute approximate surface area is 126 Å². The van der Waals surface area contributed by atoms with Crippen LogP contribution in [0.2, 0.25) is 0 Å². The van der Waals surface area contributed by atoms with E-state index in [4.69, 9.17) is 0 Å². The van der Waals surface area contributed by atoms with Crippen molar-refractivity contribution in [3.63, 3.8) is 0 Å². The van der Waals surface area contributed by atoms with Gasteiger partial charge in [0.2, 0.25) is 0 Å². The third kappa shape index (κ3) is 2.04. The van der Waals surface area contributed by atoms with Gasteiger partial charge in [0, 0.05) is 16.5 Å². The highest BCUT2D eigenvalue weighted by molar-refractivity contribution is 7.10. The molecule has 1 fully saturated rings. The molecule has 0 aliphatic carbocycles. The van der Waals surface area contributed by atoms with E-state index in [1.54, 1.807) is 11.3 Å². The number of hydrogen-bond acceptors (Lipinski definition) is 4. The number of carboxylic acid groups (broad SMARTS) is 1. The highest BCUT2D eigenvalue weighted by atomic mass is 32.1. The SMILES string of the molecule is O=C(O)[C@@H]1C[C@@H]2c3ccccc3N[C@@H]2[C@@H](c2cccs2)N1. The van der Waals surface area contributed by atoms with Crippen molar-refractivity contribution in [1.29, 1.82) is 0 Å². The average Bonchev–Trinajstić information content (AvgIpc) is 3.13. The van der Waals surface area contributed by atoms with Crippen LogP contribution in [-0.2, 0) is 4.79 Å². The van der Waals surface area contributed by atoms with Gasteiger partial charge in [0.1, 0.15) is 6.04 Å². The molecule has 3 N–H and O–H groups in total. The molecule has 0 unspecified atom stereocenters. The molecule has 5 heteroatoms. The molecule has 108 valence electrons. The number of carbonyl (C=O) groups is 1. The third-order valence-corrected chi connectivity index (χ3v) is 5.45. The molecular weight excluding hydrogens is 284 g/mol. The minimum atomic E-state index is -0.764. The zero-order valence-electron chi connectivity index (χ0n) is 11.3. The molecule has 3 heterocycles. The van der Waals surface area contributed by atoms with Crippen molar-refractivity contribution in [3.05, 3.63) is 52.2 Å². The van der Waals surface area contributed by atoms with Gasteiger partial charge in [0.25, 0.3) is 0 Å². The topological polar surface area (TPSA) is 61.4 Å². The third-order valence-electron chi connectivity index (χ3n) is 4.49. The smallest absolute Gasteiger partial charge is 0.320 e.